The van der Waals surface area contributed by atoms with Crippen LogP contribution in [0.4, 0.5) is 5.82 Å². The summed E-state index contributed by atoms with van der Waals surface area (Å²) >= 11 is 1.33. The van der Waals surface area contributed by atoms with E-state index in [0.717, 1.165) is 71.2 Å². The zero-order chi connectivity index (χ0) is 30.1. The van der Waals surface area contributed by atoms with E-state index in [-0.39, 0.29) is 23.2 Å². The topological polar surface area (TPSA) is 120 Å². The van der Waals surface area contributed by atoms with E-state index in [2.05, 4.69) is 58.9 Å². The smallest absolute Gasteiger partial charge is 0.302 e. The molecule has 0 saturated carbocycles. The minimum absolute atomic E-state index is 0.216. The van der Waals surface area contributed by atoms with Gasteiger partial charge in [0.25, 0.3) is 5.91 Å². The van der Waals surface area contributed by atoms with Crippen LogP contribution in [0.2, 0.25) is 0 Å². The maximum Gasteiger partial charge on any atom is 0.302 e. The molecule has 2 N–H and O–H groups in total. The molecular weight excluding hydrogens is 571 g/mol. The summed E-state index contributed by atoms with van der Waals surface area (Å²) in [5, 5.41) is 3.57. The number of pyridine rings is 2. The van der Waals surface area contributed by atoms with Gasteiger partial charge < -0.3 is 5.32 Å². The lowest BCUT2D eigenvalue weighted by atomic mass is 9.71. The maximum absolute atomic E-state index is 13.6. The van der Waals surface area contributed by atoms with E-state index >= 15 is 0 Å². The molecule has 3 aromatic rings. The fourth-order valence-corrected chi connectivity index (χ4v) is 6.90. The van der Waals surface area contributed by atoms with Gasteiger partial charge in [-0.05, 0) is 66.7 Å². The van der Waals surface area contributed by atoms with Gasteiger partial charge in [0, 0.05) is 45.6 Å². The molecule has 42 heavy (non-hydrogen) atoms. The molecular formula is C30H41N7O3S2. The van der Waals surface area contributed by atoms with Crippen LogP contribution >= 0.6 is 11.3 Å². The highest BCUT2D eigenvalue weighted by Crippen LogP contribution is 2.38. The number of nitrogens with zero attached hydrogens (tertiary/aromatic N) is 5. The molecule has 0 saturated heterocycles. The first-order chi connectivity index (χ1) is 19.9. The number of aromatic nitrogens is 3. The molecule has 3 aromatic heterocycles. The average molecular weight is 612 g/mol. The van der Waals surface area contributed by atoms with Gasteiger partial charge in [0.2, 0.25) is 0 Å². The van der Waals surface area contributed by atoms with Crippen molar-refractivity contribution < 1.29 is 13.2 Å². The number of nitrogens with one attached hydrogen (secondary N) is 2. The Hall–Kier alpha value is -2.93. The van der Waals surface area contributed by atoms with Crippen molar-refractivity contribution in [3.05, 3.63) is 58.4 Å². The molecule has 0 fully saturated rings. The van der Waals surface area contributed by atoms with Crippen molar-refractivity contribution in [3.8, 4) is 0 Å². The summed E-state index contributed by atoms with van der Waals surface area (Å²) in [5.74, 6) is 0.568. The molecule has 12 heteroatoms. The number of fused-ring (bicyclic) bond motifs is 2. The molecule has 0 aromatic carbocycles. The van der Waals surface area contributed by atoms with Gasteiger partial charge in [-0.25, -0.2) is 15.0 Å². The van der Waals surface area contributed by atoms with Gasteiger partial charge in [0.1, 0.15) is 16.2 Å². The number of carbonyl (C=O) groups excluding carboxylic acids is 1. The van der Waals surface area contributed by atoms with E-state index in [9.17, 15) is 13.2 Å². The van der Waals surface area contributed by atoms with Gasteiger partial charge in [-0.1, -0.05) is 50.3 Å². The number of hydrogen-bond acceptors (Lipinski definition) is 8. The minimum Gasteiger partial charge on any atom is -0.343 e. The average Bonchev–Trinajstić information content (AvgIpc) is 3.37. The predicted molar refractivity (Wildman–Crippen MR) is 168 cm³/mol. The molecule has 0 radical (unpaired) electrons. The van der Waals surface area contributed by atoms with Crippen LogP contribution in [-0.4, -0.2) is 72.2 Å². The van der Waals surface area contributed by atoms with E-state index in [1.165, 1.54) is 31.0 Å². The molecule has 0 spiro atoms. The lowest BCUT2D eigenvalue weighted by molar-refractivity contribution is 0.0931. The monoisotopic (exact) mass is 611 g/mol. The molecule has 1 aliphatic heterocycles. The maximum atomic E-state index is 13.6. The number of hydrogen-bond donors (Lipinski definition) is 2. The second-order valence-electron chi connectivity index (χ2n) is 12.5. The summed E-state index contributed by atoms with van der Waals surface area (Å²) in [7, 11) is -0.765. The Kier molecular flexibility index (Phi) is 8.98. The summed E-state index contributed by atoms with van der Waals surface area (Å²) in [6, 6.07) is 5.23. The molecule has 2 atom stereocenters. The summed E-state index contributed by atoms with van der Waals surface area (Å²) < 4.78 is 28.0. The Morgan fingerprint density at radius 3 is 2.69 bits per heavy atom. The number of carbonyl (C=O) groups is 1. The Labute approximate surface area is 252 Å². The standard InChI is InChI=1S/C30H41N7O3S2/c1-30(2,3)22-10-11-23-21(17-22)18-25-28(33-23)41-29(34-25)27(38)32-24(13-16-37-14-7-6-8-15-37)20-9-12-26(31-19-20)35-42(39,40)36(4)5/h6-7,9,12,18-19,22,24H,8,10-11,13-17H2,1-5H3,(H,31,35)(H,32,38)/t22-,24+/m0/s1. The lowest BCUT2D eigenvalue weighted by Gasteiger charge is -2.34. The normalized spacial score (nSPS) is 18.7. The second kappa shape index (κ2) is 12.4. The molecule has 0 bridgehead atoms. The summed E-state index contributed by atoms with van der Waals surface area (Å²) in [6.07, 6.45) is 10.7. The van der Waals surface area contributed by atoms with E-state index in [1.54, 1.807) is 18.3 Å². The molecule has 1 aliphatic carbocycles. The highest BCUT2D eigenvalue weighted by Gasteiger charge is 2.30. The van der Waals surface area contributed by atoms with Gasteiger partial charge in [0.15, 0.2) is 5.01 Å². The summed E-state index contributed by atoms with van der Waals surface area (Å²) in [6.45, 7) is 9.55. The van der Waals surface area contributed by atoms with Gasteiger partial charge >= 0.3 is 10.2 Å². The molecule has 226 valence electrons. The Bertz CT molecular complexity index is 1560. The van der Waals surface area contributed by atoms with E-state index in [4.69, 9.17) is 9.97 Å². The van der Waals surface area contributed by atoms with E-state index < -0.39 is 10.2 Å². The van der Waals surface area contributed by atoms with Gasteiger partial charge in [-0.15, -0.1) is 0 Å². The highest BCUT2D eigenvalue weighted by molar-refractivity contribution is 7.90. The molecule has 2 aliphatic rings. The van der Waals surface area contributed by atoms with Crippen LogP contribution < -0.4 is 10.0 Å². The van der Waals surface area contributed by atoms with Crippen LogP contribution in [0.1, 0.15) is 72.7 Å². The van der Waals surface area contributed by atoms with Gasteiger partial charge in [-0.2, -0.15) is 12.7 Å². The Morgan fingerprint density at radius 2 is 2.02 bits per heavy atom. The third-order valence-corrected chi connectivity index (χ3v) is 10.6. The third kappa shape index (κ3) is 7.16. The van der Waals surface area contributed by atoms with Crippen molar-refractivity contribution in [1.29, 1.82) is 0 Å². The van der Waals surface area contributed by atoms with Gasteiger partial charge in [-0.3, -0.25) is 14.4 Å². The Morgan fingerprint density at radius 1 is 1.21 bits per heavy atom. The largest absolute Gasteiger partial charge is 0.343 e. The number of anilines is 1. The fraction of sp³-hybridized carbons (Fsp3) is 0.533. The van der Waals surface area contributed by atoms with Crippen molar-refractivity contribution in [3.63, 3.8) is 0 Å². The molecule has 5 rings (SSSR count). The van der Waals surface area contributed by atoms with Crippen LogP contribution in [0.15, 0.2) is 36.5 Å². The highest BCUT2D eigenvalue weighted by atomic mass is 32.2. The van der Waals surface area contributed by atoms with Crippen LogP contribution in [0.3, 0.4) is 0 Å². The van der Waals surface area contributed by atoms with Crippen molar-refractivity contribution >= 4 is 43.6 Å². The first kappa shape index (κ1) is 30.5. The quantitative estimate of drug-likeness (QED) is 0.340. The fourth-order valence-electron chi connectivity index (χ4n) is 5.49. The van der Waals surface area contributed by atoms with Crippen LogP contribution in [-0.2, 0) is 23.1 Å². The van der Waals surface area contributed by atoms with Gasteiger partial charge in [0.05, 0.1) is 6.04 Å². The molecule has 1 amide bonds. The minimum atomic E-state index is -3.67. The first-order valence-electron chi connectivity index (χ1n) is 14.5. The zero-order valence-electron chi connectivity index (χ0n) is 25.1. The molecule has 10 nitrogen and oxygen atoms in total. The third-order valence-electron chi connectivity index (χ3n) is 8.25. The number of aryl methyl sites for hydroxylation is 1. The predicted octanol–water partition coefficient (Wildman–Crippen LogP) is 4.58. The summed E-state index contributed by atoms with van der Waals surface area (Å²) in [5.41, 5.74) is 4.18. The number of amides is 1. The Balaban J connectivity index is 1.35. The molecule has 4 heterocycles. The van der Waals surface area contributed by atoms with Crippen molar-refractivity contribution in [1.82, 2.24) is 29.5 Å². The van der Waals surface area contributed by atoms with Crippen molar-refractivity contribution in [2.24, 2.45) is 11.3 Å². The summed E-state index contributed by atoms with van der Waals surface area (Å²) in [4.78, 5) is 30.6. The SMILES string of the molecule is CN(C)S(=O)(=O)Nc1ccc([C@@H](CCN2CC=CCC2)NC(=O)c2nc3cc4c(nc3s2)CC[C@H](C(C)(C)C)C4)cn1. The number of thiazole rings is 1. The van der Waals surface area contributed by atoms with Crippen LogP contribution in [0.25, 0.3) is 10.3 Å². The van der Waals surface area contributed by atoms with Crippen LogP contribution in [0.5, 0.6) is 0 Å². The molecule has 0 unspecified atom stereocenters. The lowest BCUT2D eigenvalue weighted by Crippen LogP contribution is -2.34. The number of rotatable bonds is 9. The van der Waals surface area contributed by atoms with Crippen molar-refractivity contribution in [2.75, 3.05) is 38.5 Å². The van der Waals surface area contributed by atoms with E-state index in [1.807, 2.05) is 0 Å². The van der Waals surface area contributed by atoms with E-state index in [0.29, 0.717) is 17.3 Å². The van der Waals surface area contributed by atoms with Crippen molar-refractivity contribution in [2.45, 2.75) is 58.9 Å². The second-order valence-corrected chi connectivity index (χ2v) is 15.3. The zero-order valence-corrected chi connectivity index (χ0v) is 26.7. The van der Waals surface area contributed by atoms with Crippen LogP contribution in [0, 0.1) is 11.3 Å². The first-order valence-corrected chi connectivity index (χ1v) is 16.8.